The van der Waals surface area contributed by atoms with E-state index in [4.69, 9.17) is 39.3 Å². The molecular formula is C25H26N4O7. The number of fused-ring (bicyclic) bond motifs is 2. The Morgan fingerprint density at radius 2 is 1.78 bits per heavy atom. The number of aliphatic hydroxyl groups excluding tert-OH is 1. The SMILES string of the molecule is CCO.COc1cc(-c2[nH]nc3c2C(c2ccc4c(c2)OCO4)C(C#N)=C(N)O3)cc(OC)c1OC. The zero-order valence-corrected chi connectivity index (χ0v) is 20.2. The molecule has 11 heteroatoms. The molecule has 0 bridgehead atoms. The van der Waals surface area contributed by atoms with Gasteiger partial charge in [0.1, 0.15) is 11.6 Å². The van der Waals surface area contributed by atoms with Crippen LogP contribution in [0, 0.1) is 11.3 Å². The Labute approximate surface area is 207 Å². The third-order valence-corrected chi connectivity index (χ3v) is 5.62. The van der Waals surface area contributed by atoms with Crippen LogP contribution < -0.4 is 34.2 Å². The number of methoxy groups -OCH3 is 3. The normalized spacial score (nSPS) is 15.2. The van der Waals surface area contributed by atoms with Gasteiger partial charge in [-0.25, -0.2) is 0 Å². The standard InChI is InChI=1S/C23H20N4O6.C2H6O/c1-28-16-7-12(8-17(29-2)21(16)30-3)20-19-18(11-4-5-14-15(6-11)32-10-31-14)13(9-24)22(25)33-23(19)27-26-20;1-2-3/h4-8,18H,10,25H2,1-3H3,(H,26,27);3H,2H2,1H3. The molecule has 1 atom stereocenters. The van der Waals surface area contributed by atoms with E-state index in [-0.39, 0.29) is 30.7 Å². The van der Waals surface area contributed by atoms with E-state index in [9.17, 15) is 5.26 Å². The smallest absolute Gasteiger partial charge is 0.244 e. The molecule has 3 heterocycles. The molecule has 11 nitrogen and oxygen atoms in total. The maximum absolute atomic E-state index is 9.93. The Morgan fingerprint density at radius 3 is 2.39 bits per heavy atom. The molecule has 5 rings (SSSR count). The van der Waals surface area contributed by atoms with Gasteiger partial charge in [0.05, 0.1) is 38.5 Å². The lowest BCUT2D eigenvalue weighted by Crippen LogP contribution is -2.21. The number of hydrogen-bond acceptors (Lipinski definition) is 10. The van der Waals surface area contributed by atoms with E-state index in [0.29, 0.717) is 45.6 Å². The Hall–Kier alpha value is -4.56. The lowest BCUT2D eigenvalue weighted by atomic mass is 9.83. The third-order valence-electron chi connectivity index (χ3n) is 5.62. The zero-order chi connectivity index (χ0) is 25.8. The summed E-state index contributed by atoms with van der Waals surface area (Å²) < 4.78 is 33.1. The van der Waals surface area contributed by atoms with Crippen molar-refractivity contribution in [3.8, 4) is 52.0 Å². The number of nitrogens with two attached hydrogens (primary N) is 1. The molecule has 1 aromatic heterocycles. The van der Waals surface area contributed by atoms with Gasteiger partial charge in [-0.2, -0.15) is 5.26 Å². The van der Waals surface area contributed by atoms with Crippen LogP contribution >= 0.6 is 0 Å². The quantitative estimate of drug-likeness (QED) is 0.482. The van der Waals surface area contributed by atoms with Crippen LogP contribution in [0.4, 0.5) is 0 Å². The molecule has 188 valence electrons. The average molecular weight is 495 g/mol. The minimum Gasteiger partial charge on any atom is -0.493 e. The molecule has 0 aliphatic carbocycles. The summed E-state index contributed by atoms with van der Waals surface area (Å²) in [4.78, 5) is 0. The number of nitrogens with zero attached hydrogens (tertiary/aromatic N) is 2. The van der Waals surface area contributed by atoms with E-state index >= 15 is 0 Å². The van der Waals surface area contributed by atoms with Crippen molar-refractivity contribution in [1.29, 1.82) is 5.26 Å². The molecule has 1 unspecified atom stereocenters. The van der Waals surface area contributed by atoms with Crippen molar-refractivity contribution in [1.82, 2.24) is 10.2 Å². The number of ether oxygens (including phenoxy) is 6. The average Bonchev–Trinajstić information content (AvgIpc) is 3.53. The summed E-state index contributed by atoms with van der Waals surface area (Å²) in [7, 11) is 4.62. The van der Waals surface area contributed by atoms with Crippen molar-refractivity contribution in [2.45, 2.75) is 12.8 Å². The maximum atomic E-state index is 9.93. The third kappa shape index (κ3) is 4.18. The van der Waals surface area contributed by atoms with Crippen LogP contribution in [-0.2, 0) is 0 Å². The van der Waals surface area contributed by atoms with E-state index in [1.165, 1.54) is 7.11 Å². The predicted molar refractivity (Wildman–Crippen MR) is 128 cm³/mol. The Morgan fingerprint density at radius 1 is 1.11 bits per heavy atom. The first-order valence-electron chi connectivity index (χ1n) is 11.0. The summed E-state index contributed by atoms with van der Waals surface area (Å²) in [5, 5.41) is 24.8. The van der Waals surface area contributed by atoms with Crippen molar-refractivity contribution in [3.63, 3.8) is 0 Å². The van der Waals surface area contributed by atoms with Crippen LogP contribution in [0.3, 0.4) is 0 Å². The highest BCUT2D eigenvalue weighted by Crippen LogP contribution is 2.49. The number of allylic oxidation sites excluding steroid dienone is 1. The van der Waals surface area contributed by atoms with Crippen molar-refractivity contribution >= 4 is 0 Å². The molecule has 4 N–H and O–H groups in total. The van der Waals surface area contributed by atoms with Gasteiger partial charge < -0.3 is 39.3 Å². The van der Waals surface area contributed by atoms with Crippen LogP contribution in [-0.4, -0.2) is 50.0 Å². The fraction of sp³-hybridized carbons (Fsp3) is 0.280. The fourth-order valence-corrected chi connectivity index (χ4v) is 4.12. The van der Waals surface area contributed by atoms with Gasteiger partial charge in [-0.05, 0) is 36.8 Å². The number of nitriles is 1. The first-order valence-corrected chi connectivity index (χ1v) is 11.0. The minimum absolute atomic E-state index is 0.00407. The number of hydrogen-bond donors (Lipinski definition) is 3. The van der Waals surface area contributed by atoms with Crippen LogP contribution in [0.25, 0.3) is 11.3 Å². The first-order chi connectivity index (χ1) is 17.5. The second-order valence-electron chi connectivity index (χ2n) is 7.59. The second kappa shape index (κ2) is 10.4. The van der Waals surface area contributed by atoms with Gasteiger partial charge in [0.25, 0.3) is 0 Å². The maximum Gasteiger partial charge on any atom is 0.244 e. The zero-order valence-electron chi connectivity index (χ0n) is 20.2. The molecule has 0 amide bonds. The molecule has 0 saturated carbocycles. The molecule has 0 radical (unpaired) electrons. The Kier molecular flexibility index (Phi) is 7.07. The van der Waals surface area contributed by atoms with Crippen molar-refractivity contribution in [2.24, 2.45) is 5.73 Å². The summed E-state index contributed by atoms with van der Waals surface area (Å²) in [5.74, 6) is 2.36. The number of aromatic amines is 1. The van der Waals surface area contributed by atoms with Gasteiger partial charge >= 0.3 is 0 Å². The first kappa shape index (κ1) is 24.6. The number of H-pyrrole nitrogens is 1. The molecule has 0 fully saturated rings. The van der Waals surface area contributed by atoms with Crippen LogP contribution in [0.2, 0.25) is 0 Å². The highest BCUT2D eigenvalue weighted by atomic mass is 16.7. The molecule has 36 heavy (non-hydrogen) atoms. The van der Waals surface area contributed by atoms with Crippen LogP contribution in [0.15, 0.2) is 41.8 Å². The summed E-state index contributed by atoms with van der Waals surface area (Å²) in [5.41, 5.74) is 9.09. The molecule has 2 aromatic carbocycles. The molecule has 0 saturated heterocycles. The van der Waals surface area contributed by atoms with Gasteiger partial charge in [0, 0.05) is 12.2 Å². The van der Waals surface area contributed by atoms with Crippen LogP contribution in [0.5, 0.6) is 34.6 Å². The predicted octanol–water partition coefficient (Wildman–Crippen LogP) is 3.05. The number of rotatable bonds is 5. The van der Waals surface area contributed by atoms with Crippen molar-refractivity contribution in [2.75, 3.05) is 34.7 Å². The highest BCUT2D eigenvalue weighted by molar-refractivity contribution is 5.75. The fourth-order valence-electron chi connectivity index (χ4n) is 4.12. The van der Waals surface area contributed by atoms with Gasteiger partial charge in [-0.3, -0.25) is 5.10 Å². The summed E-state index contributed by atoms with van der Waals surface area (Å²) in [6, 6.07) is 11.3. The molecule has 0 spiro atoms. The second-order valence-corrected chi connectivity index (χ2v) is 7.59. The monoisotopic (exact) mass is 494 g/mol. The lowest BCUT2D eigenvalue weighted by Gasteiger charge is -2.24. The van der Waals surface area contributed by atoms with Gasteiger partial charge in [-0.15, -0.1) is 5.10 Å². The Balaban J connectivity index is 0.000000967. The molecule has 2 aliphatic rings. The number of nitrogens with one attached hydrogen (secondary N) is 1. The number of aliphatic hydroxyl groups is 1. The van der Waals surface area contributed by atoms with E-state index in [0.717, 1.165) is 5.56 Å². The summed E-state index contributed by atoms with van der Waals surface area (Å²) in [6.45, 7) is 2.07. The molecule has 2 aliphatic heterocycles. The van der Waals surface area contributed by atoms with E-state index in [1.54, 1.807) is 39.3 Å². The van der Waals surface area contributed by atoms with Crippen LogP contribution in [0.1, 0.15) is 24.0 Å². The highest BCUT2D eigenvalue weighted by Gasteiger charge is 2.36. The lowest BCUT2D eigenvalue weighted by molar-refractivity contribution is 0.174. The van der Waals surface area contributed by atoms with Crippen molar-refractivity contribution in [3.05, 3.63) is 52.9 Å². The number of benzene rings is 2. The molecule has 3 aromatic rings. The van der Waals surface area contributed by atoms with Gasteiger partial charge in [0.2, 0.25) is 24.3 Å². The minimum atomic E-state index is -0.555. The van der Waals surface area contributed by atoms with Gasteiger partial charge in [-0.1, -0.05) is 6.07 Å². The molecular weight excluding hydrogens is 468 g/mol. The summed E-state index contributed by atoms with van der Waals surface area (Å²) >= 11 is 0. The Bertz CT molecular complexity index is 1320. The van der Waals surface area contributed by atoms with Crippen molar-refractivity contribution < 1.29 is 33.5 Å². The van der Waals surface area contributed by atoms with E-state index in [1.807, 2.05) is 12.1 Å². The topological polar surface area (TPSA) is 154 Å². The summed E-state index contributed by atoms with van der Waals surface area (Å²) in [6.07, 6.45) is 0. The van der Waals surface area contributed by atoms with E-state index < -0.39 is 5.92 Å². The largest absolute Gasteiger partial charge is 0.493 e. The number of aromatic nitrogens is 2. The van der Waals surface area contributed by atoms with E-state index in [2.05, 4.69) is 16.3 Å². The van der Waals surface area contributed by atoms with Gasteiger partial charge in [0.15, 0.2) is 23.0 Å².